The van der Waals surface area contributed by atoms with Crippen molar-refractivity contribution in [2.24, 2.45) is 5.92 Å². The van der Waals surface area contributed by atoms with E-state index in [1.54, 1.807) is 0 Å². The van der Waals surface area contributed by atoms with Gasteiger partial charge in [-0.1, -0.05) is 0 Å². The van der Waals surface area contributed by atoms with E-state index in [0.29, 0.717) is 6.10 Å². The molecule has 2 aliphatic heterocycles. The van der Waals surface area contributed by atoms with Crippen molar-refractivity contribution in [2.75, 3.05) is 33.4 Å². The maximum Gasteiger partial charge on any atom is 0.0992 e. The van der Waals surface area contributed by atoms with E-state index in [1.165, 1.54) is 6.54 Å². The highest BCUT2D eigenvalue weighted by Gasteiger charge is 2.32. The van der Waals surface area contributed by atoms with Crippen molar-refractivity contribution in [3.63, 3.8) is 0 Å². The Morgan fingerprint density at radius 3 is 3.30 bits per heavy atom. The number of rotatable bonds is 0. The molecule has 2 unspecified atom stereocenters. The van der Waals surface area contributed by atoms with Crippen molar-refractivity contribution in [1.29, 1.82) is 0 Å². The van der Waals surface area contributed by atoms with Gasteiger partial charge in [-0.15, -0.1) is 0 Å². The molecule has 2 fully saturated rings. The summed E-state index contributed by atoms with van der Waals surface area (Å²) in [5, 5.41) is 3.33. The first-order valence-corrected chi connectivity index (χ1v) is 3.87. The highest BCUT2D eigenvalue weighted by Crippen LogP contribution is 2.18. The Balaban J connectivity index is 1.96. The summed E-state index contributed by atoms with van der Waals surface area (Å²) in [4.78, 5) is 2.23. The molecule has 0 amide bonds. The lowest BCUT2D eigenvalue weighted by atomic mass is 10.1. The van der Waals surface area contributed by atoms with Gasteiger partial charge in [-0.3, -0.25) is 4.90 Å². The second kappa shape index (κ2) is 2.49. The lowest BCUT2D eigenvalue weighted by Gasteiger charge is -2.31. The van der Waals surface area contributed by atoms with Crippen LogP contribution in [-0.2, 0) is 4.74 Å². The van der Waals surface area contributed by atoms with E-state index >= 15 is 0 Å². The first kappa shape index (κ1) is 6.58. The molecule has 3 nitrogen and oxygen atoms in total. The van der Waals surface area contributed by atoms with Crippen molar-refractivity contribution in [3.05, 3.63) is 0 Å². The van der Waals surface area contributed by atoms with Crippen LogP contribution in [0.2, 0.25) is 0 Å². The van der Waals surface area contributed by atoms with Crippen LogP contribution >= 0.6 is 0 Å². The van der Waals surface area contributed by atoms with E-state index in [1.807, 2.05) is 0 Å². The summed E-state index contributed by atoms with van der Waals surface area (Å²) in [7, 11) is 2.11. The predicted molar refractivity (Wildman–Crippen MR) is 38.7 cm³/mol. The number of nitrogens with one attached hydrogen (secondary N) is 1. The fourth-order valence-corrected chi connectivity index (χ4v) is 1.76. The third-order valence-corrected chi connectivity index (χ3v) is 2.33. The first-order valence-electron chi connectivity index (χ1n) is 3.87. The fraction of sp³-hybridized carbons (Fsp3) is 1.00. The molecule has 0 aromatic rings. The standard InChI is InChI=1S/C7H14N2O/c1-9-4-6-2-8-3-7(6)10-5-9/h6-8H,2-5H2,1H3. The molecule has 2 saturated heterocycles. The van der Waals surface area contributed by atoms with E-state index in [9.17, 15) is 0 Å². The molecule has 2 aliphatic rings. The highest BCUT2D eigenvalue weighted by molar-refractivity contribution is 4.85. The molecular weight excluding hydrogens is 128 g/mol. The normalized spacial score (nSPS) is 41.7. The van der Waals surface area contributed by atoms with Gasteiger partial charge in [0, 0.05) is 25.6 Å². The first-order chi connectivity index (χ1) is 4.86. The zero-order chi connectivity index (χ0) is 6.97. The second-order valence-corrected chi connectivity index (χ2v) is 3.29. The average Bonchev–Trinajstić information content (AvgIpc) is 2.33. The van der Waals surface area contributed by atoms with Crippen LogP contribution in [0.25, 0.3) is 0 Å². The Morgan fingerprint density at radius 1 is 1.50 bits per heavy atom. The molecule has 2 rings (SSSR count). The summed E-state index contributed by atoms with van der Waals surface area (Å²) in [6.45, 7) is 4.19. The van der Waals surface area contributed by atoms with Crippen LogP contribution in [-0.4, -0.2) is 44.4 Å². The maximum atomic E-state index is 5.58. The number of fused-ring (bicyclic) bond motifs is 1. The number of hydrogen-bond acceptors (Lipinski definition) is 3. The highest BCUT2D eigenvalue weighted by atomic mass is 16.5. The molecule has 0 bridgehead atoms. The third kappa shape index (κ3) is 1.05. The van der Waals surface area contributed by atoms with Crippen LogP contribution in [0, 0.1) is 5.92 Å². The zero-order valence-corrected chi connectivity index (χ0v) is 6.34. The average molecular weight is 142 g/mol. The van der Waals surface area contributed by atoms with Gasteiger partial charge >= 0.3 is 0 Å². The van der Waals surface area contributed by atoms with Crippen molar-refractivity contribution >= 4 is 0 Å². The van der Waals surface area contributed by atoms with Crippen molar-refractivity contribution in [2.45, 2.75) is 6.10 Å². The minimum atomic E-state index is 0.496. The van der Waals surface area contributed by atoms with Gasteiger partial charge in [0.2, 0.25) is 0 Å². The molecule has 10 heavy (non-hydrogen) atoms. The van der Waals surface area contributed by atoms with Gasteiger partial charge in [-0.25, -0.2) is 0 Å². The summed E-state index contributed by atoms with van der Waals surface area (Å²) in [6.07, 6.45) is 0.496. The molecule has 0 saturated carbocycles. The van der Waals surface area contributed by atoms with E-state index in [0.717, 1.165) is 25.7 Å². The molecule has 0 spiro atoms. The fourth-order valence-electron chi connectivity index (χ4n) is 1.76. The SMILES string of the molecule is CN1COC2CNCC2C1. The maximum absolute atomic E-state index is 5.58. The molecule has 2 atom stereocenters. The predicted octanol–water partition coefficient (Wildman–Crippen LogP) is -0.506. The molecule has 0 aromatic carbocycles. The van der Waals surface area contributed by atoms with Crippen molar-refractivity contribution in [3.8, 4) is 0 Å². The van der Waals surface area contributed by atoms with Gasteiger partial charge < -0.3 is 10.1 Å². The Hall–Kier alpha value is -0.120. The molecule has 1 N–H and O–H groups in total. The number of hydrogen-bond donors (Lipinski definition) is 1. The van der Waals surface area contributed by atoms with E-state index < -0.39 is 0 Å². The molecule has 2 heterocycles. The molecule has 58 valence electrons. The summed E-state index contributed by atoms with van der Waals surface area (Å²) in [5.74, 6) is 0.735. The topological polar surface area (TPSA) is 24.5 Å². The van der Waals surface area contributed by atoms with Crippen LogP contribution in [0.3, 0.4) is 0 Å². The molecule has 0 aromatic heterocycles. The van der Waals surface area contributed by atoms with Crippen LogP contribution in [0.1, 0.15) is 0 Å². The molecule has 0 radical (unpaired) electrons. The summed E-state index contributed by atoms with van der Waals surface area (Å²) >= 11 is 0. The summed E-state index contributed by atoms with van der Waals surface area (Å²) in [6, 6.07) is 0. The van der Waals surface area contributed by atoms with Crippen LogP contribution < -0.4 is 5.32 Å². The van der Waals surface area contributed by atoms with Gasteiger partial charge in [-0.05, 0) is 7.05 Å². The Morgan fingerprint density at radius 2 is 2.40 bits per heavy atom. The lowest BCUT2D eigenvalue weighted by Crippen LogP contribution is -2.42. The third-order valence-electron chi connectivity index (χ3n) is 2.33. The number of nitrogens with zero attached hydrogens (tertiary/aromatic N) is 1. The Labute approximate surface area is 61.3 Å². The van der Waals surface area contributed by atoms with E-state index in [4.69, 9.17) is 4.74 Å². The smallest absolute Gasteiger partial charge is 0.0992 e. The summed E-state index contributed by atoms with van der Waals surface area (Å²) in [5.41, 5.74) is 0. The molecule has 3 heteroatoms. The quantitative estimate of drug-likeness (QED) is 0.493. The van der Waals surface area contributed by atoms with Gasteiger partial charge in [0.15, 0.2) is 0 Å². The van der Waals surface area contributed by atoms with Crippen LogP contribution in [0.4, 0.5) is 0 Å². The second-order valence-electron chi connectivity index (χ2n) is 3.29. The van der Waals surface area contributed by atoms with Crippen LogP contribution in [0.5, 0.6) is 0 Å². The largest absolute Gasteiger partial charge is 0.361 e. The minimum Gasteiger partial charge on any atom is -0.361 e. The van der Waals surface area contributed by atoms with Gasteiger partial charge in [0.05, 0.1) is 12.8 Å². The molecule has 0 aliphatic carbocycles. The van der Waals surface area contributed by atoms with Gasteiger partial charge in [0.25, 0.3) is 0 Å². The van der Waals surface area contributed by atoms with Crippen molar-refractivity contribution < 1.29 is 4.74 Å². The molecular formula is C7H14N2O. The minimum absolute atomic E-state index is 0.496. The Bertz CT molecular complexity index is 129. The van der Waals surface area contributed by atoms with Crippen LogP contribution in [0.15, 0.2) is 0 Å². The van der Waals surface area contributed by atoms with Gasteiger partial charge in [0.1, 0.15) is 0 Å². The monoisotopic (exact) mass is 142 g/mol. The van der Waals surface area contributed by atoms with Crippen molar-refractivity contribution in [1.82, 2.24) is 10.2 Å². The lowest BCUT2D eigenvalue weighted by molar-refractivity contribution is -0.0724. The summed E-state index contributed by atoms with van der Waals surface area (Å²) < 4.78 is 5.58. The zero-order valence-electron chi connectivity index (χ0n) is 6.34. The number of ether oxygens (including phenoxy) is 1. The Kier molecular flexibility index (Phi) is 1.64. The van der Waals surface area contributed by atoms with Gasteiger partial charge in [-0.2, -0.15) is 0 Å². The van der Waals surface area contributed by atoms with E-state index in [2.05, 4.69) is 17.3 Å². The van der Waals surface area contributed by atoms with E-state index in [-0.39, 0.29) is 0 Å².